The highest BCUT2D eigenvalue weighted by Gasteiger charge is 2.34. The van der Waals surface area contributed by atoms with E-state index in [1.54, 1.807) is 43.8 Å². The van der Waals surface area contributed by atoms with Crippen molar-refractivity contribution in [3.8, 4) is 5.75 Å². The Bertz CT molecular complexity index is 1110. The van der Waals surface area contributed by atoms with Crippen LogP contribution in [0.25, 0.3) is 11.0 Å². The molecule has 0 saturated carbocycles. The summed E-state index contributed by atoms with van der Waals surface area (Å²) in [5.74, 6) is 1.82. The summed E-state index contributed by atoms with van der Waals surface area (Å²) in [6.07, 6.45) is 7.14. The summed E-state index contributed by atoms with van der Waals surface area (Å²) in [5.41, 5.74) is 2.46. The lowest BCUT2D eigenvalue weighted by Gasteiger charge is -2.38. The second kappa shape index (κ2) is 9.21. The summed E-state index contributed by atoms with van der Waals surface area (Å²) >= 11 is 0. The number of hydrogen-bond donors (Lipinski definition) is 1. The Kier molecular flexibility index (Phi) is 5.98. The molecule has 3 aromatic rings. The van der Waals surface area contributed by atoms with Crippen LogP contribution in [0.2, 0.25) is 0 Å². The first kappa shape index (κ1) is 21.4. The van der Waals surface area contributed by atoms with Gasteiger partial charge in [0.05, 0.1) is 30.3 Å². The maximum Gasteiger partial charge on any atom is 0.253 e. The van der Waals surface area contributed by atoms with Gasteiger partial charge in [-0.1, -0.05) is 0 Å². The van der Waals surface area contributed by atoms with Gasteiger partial charge >= 0.3 is 0 Å². The monoisotopic (exact) mass is 447 g/mol. The molecule has 2 aliphatic heterocycles. The number of carbonyl (C=O) groups is 2. The first-order valence-corrected chi connectivity index (χ1v) is 11.6. The maximum atomic E-state index is 13.4. The van der Waals surface area contributed by atoms with Crippen LogP contribution >= 0.6 is 0 Å². The van der Waals surface area contributed by atoms with E-state index in [0.717, 1.165) is 54.8 Å². The normalized spacial score (nSPS) is 21.2. The molecule has 8 heteroatoms. The zero-order valence-corrected chi connectivity index (χ0v) is 18.9. The third kappa shape index (κ3) is 4.42. The number of benzene rings is 1. The average Bonchev–Trinajstić information content (AvgIpc) is 3.32. The fraction of sp³-hybridized carbons (Fsp3) is 0.440. The number of methoxy groups -OCH3 is 1. The molecule has 2 saturated heterocycles. The van der Waals surface area contributed by atoms with Crippen molar-refractivity contribution < 1.29 is 14.3 Å². The number of hydrogen-bond acceptors (Lipinski definition) is 5. The van der Waals surface area contributed by atoms with Gasteiger partial charge in [0.15, 0.2) is 0 Å². The van der Waals surface area contributed by atoms with E-state index >= 15 is 0 Å². The number of H-pyrrole nitrogens is 1. The average molecular weight is 448 g/mol. The zero-order chi connectivity index (χ0) is 22.8. The van der Waals surface area contributed by atoms with E-state index in [0.29, 0.717) is 25.2 Å². The summed E-state index contributed by atoms with van der Waals surface area (Å²) in [6.45, 7) is 2.58. The van der Waals surface area contributed by atoms with Crippen molar-refractivity contribution >= 4 is 22.8 Å². The second-order valence-electron chi connectivity index (χ2n) is 8.96. The standard InChI is InChI=1S/C25H29N5O3/c1-33-20-8-6-17(7-9-20)24(31)30-13-3-5-19(16-30)25(32)29-12-2-4-18(15-29)23-27-21-10-11-26-14-22(21)28-23/h6-11,14,18-19H,2-5,12-13,15-16H2,1H3,(H,27,28). The van der Waals surface area contributed by atoms with Crippen molar-refractivity contribution in [2.75, 3.05) is 33.3 Å². The van der Waals surface area contributed by atoms with E-state index in [1.807, 2.05) is 15.9 Å². The molecule has 172 valence electrons. The number of aromatic amines is 1. The third-order valence-electron chi connectivity index (χ3n) is 6.82. The molecule has 2 aliphatic rings. The molecule has 2 amide bonds. The van der Waals surface area contributed by atoms with Crippen molar-refractivity contribution in [3.05, 3.63) is 54.1 Å². The lowest BCUT2D eigenvalue weighted by molar-refractivity contribution is -0.138. The highest BCUT2D eigenvalue weighted by Crippen LogP contribution is 2.29. The molecule has 33 heavy (non-hydrogen) atoms. The number of fused-ring (bicyclic) bond motifs is 1. The van der Waals surface area contributed by atoms with Crippen LogP contribution in [0.3, 0.4) is 0 Å². The largest absolute Gasteiger partial charge is 0.497 e. The van der Waals surface area contributed by atoms with E-state index < -0.39 is 0 Å². The van der Waals surface area contributed by atoms with Gasteiger partial charge in [-0.25, -0.2) is 4.98 Å². The summed E-state index contributed by atoms with van der Waals surface area (Å²) in [6, 6.07) is 9.05. The van der Waals surface area contributed by atoms with Crippen molar-refractivity contribution in [2.24, 2.45) is 5.92 Å². The van der Waals surface area contributed by atoms with E-state index in [9.17, 15) is 9.59 Å². The van der Waals surface area contributed by atoms with Crippen LogP contribution in [0.1, 0.15) is 47.8 Å². The van der Waals surface area contributed by atoms with Crippen LogP contribution in [-0.4, -0.2) is 69.9 Å². The summed E-state index contributed by atoms with van der Waals surface area (Å²) in [5, 5.41) is 0. The minimum atomic E-state index is -0.153. The second-order valence-corrected chi connectivity index (χ2v) is 8.96. The van der Waals surface area contributed by atoms with Gasteiger partial charge in [0.25, 0.3) is 5.91 Å². The number of likely N-dealkylation sites (tertiary alicyclic amines) is 2. The minimum absolute atomic E-state index is 0.0254. The summed E-state index contributed by atoms with van der Waals surface area (Å²) < 4.78 is 5.18. The Labute approximate surface area is 193 Å². The number of aromatic nitrogens is 3. The predicted molar refractivity (Wildman–Crippen MR) is 124 cm³/mol. The smallest absolute Gasteiger partial charge is 0.253 e. The molecule has 1 N–H and O–H groups in total. The molecule has 0 radical (unpaired) electrons. The van der Waals surface area contributed by atoms with Gasteiger partial charge in [-0.3, -0.25) is 14.6 Å². The van der Waals surface area contributed by atoms with Crippen molar-refractivity contribution in [1.29, 1.82) is 0 Å². The minimum Gasteiger partial charge on any atom is -0.497 e. The fourth-order valence-electron chi connectivity index (χ4n) is 5.01. The number of nitrogens with one attached hydrogen (secondary N) is 1. The summed E-state index contributed by atoms with van der Waals surface area (Å²) in [7, 11) is 1.61. The van der Waals surface area contributed by atoms with Gasteiger partial charge in [-0.2, -0.15) is 0 Å². The number of ether oxygens (including phenoxy) is 1. The maximum absolute atomic E-state index is 13.4. The molecule has 2 unspecified atom stereocenters. The van der Waals surface area contributed by atoms with Gasteiger partial charge in [0.2, 0.25) is 5.91 Å². The van der Waals surface area contributed by atoms with Crippen LogP contribution in [-0.2, 0) is 4.79 Å². The van der Waals surface area contributed by atoms with Crippen LogP contribution in [0.15, 0.2) is 42.7 Å². The number of carbonyl (C=O) groups excluding carboxylic acids is 2. The lowest BCUT2D eigenvalue weighted by Crippen LogP contribution is -2.49. The summed E-state index contributed by atoms with van der Waals surface area (Å²) in [4.78, 5) is 42.5. The number of piperidine rings is 2. The Hall–Kier alpha value is -3.42. The number of imidazole rings is 1. The number of pyridine rings is 1. The Morgan fingerprint density at radius 1 is 1.03 bits per heavy atom. The van der Waals surface area contributed by atoms with Crippen LogP contribution in [0.5, 0.6) is 5.75 Å². The Balaban J connectivity index is 1.24. The Morgan fingerprint density at radius 2 is 1.82 bits per heavy atom. The van der Waals surface area contributed by atoms with Gasteiger partial charge in [-0.15, -0.1) is 0 Å². The van der Waals surface area contributed by atoms with Gasteiger partial charge in [0, 0.05) is 43.9 Å². The quantitative estimate of drug-likeness (QED) is 0.663. The molecule has 5 rings (SSSR count). The van der Waals surface area contributed by atoms with Crippen LogP contribution < -0.4 is 4.74 Å². The first-order valence-electron chi connectivity index (χ1n) is 11.6. The van der Waals surface area contributed by atoms with Crippen LogP contribution in [0, 0.1) is 5.92 Å². The molecular weight excluding hydrogens is 418 g/mol. The van der Waals surface area contributed by atoms with Crippen molar-refractivity contribution in [1.82, 2.24) is 24.8 Å². The third-order valence-corrected chi connectivity index (χ3v) is 6.82. The molecule has 1 aromatic carbocycles. The van der Waals surface area contributed by atoms with Gasteiger partial charge in [0.1, 0.15) is 11.6 Å². The number of nitrogens with zero attached hydrogens (tertiary/aromatic N) is 4. The van der Waals surface area contributed by atoms with E-state index in [1.165, 1.54) is 0 Å². The molecule has 4 heterocycles. The molecule has 2 atom stereocenters. The molecule has 8 nitrogen and oxygen atoms in total. The Morgan fingerprint density at radius 3 is 2.61 bits per heavy atom. The zero-order valence-electron chi connectivity index (χ0n) is 18.9. The fourth-order valence-corrected chi connectivity index (χ4v) is 5.01. The van der Waals surface area contributed by atoms with Gasteiger partial charge in [-0.05, 0) is 56.0 Å². The molecule has 2 fully saturated rings. The number of amides is 2. The van der Waals surface area contributed by atoms with Crippen molar-refractivity contribution in [2.45, 2.75) is 31.6 Å². The SMILES string of the molecule is COc1ccc(C(=O)N2CCCC(C(=O)N3CCCC(c4nc5ccncc5[nH]4)C3)C2)cc1. The van der Waals surface area contributed by atoms with Gasteiger partial charge < -0.3 is 19.5 Å². The van der Waals surface area contributed by atoms with Crippen LogP contribution in [0.4, 0.5) is 0 Å². The highest BCUT2D eigenvalue weighted by atomic mass is 16.5. The topological polar surface area (TPSA) is 91.4 Å². The predicted octanol–water partition coefficient (Wildman–Crippen LogP) is 3.22. The van der Waals surface area contributed by atoms with E-state index in [-0.39, 0.29) is 23.7 Å². The van der Waals surface area contributed by atoms with E-state index in [2.05, 4.69) is 9.97 Å². The first-order chi connectivity index (χ1) is 16.1. The van der Waals surface area contributed by atoms with E-state index in [4.69, 9.17) is 9.72 Å². The highest BCUT2D eigenvalue weighted by molar-refractivity contribution is 5.95. The van der Waals surface area contributed by atoms with Crippen molar-refractivity contribution in [3.63, 3.8) is 0 Å². The molecule has 2 aromatic heterocycles. The number of rotatable bonds is 4. The lowest BCUT2D eigenvalue weighted by atomic mass is 9.92. The molecule has 0 bridgehead atoms. The molecular formula is C25H29N5O3. The molecule has 0 aliphatic carbocycles. The molecule has 0 spiro atoms.